The predicted molar refractivity (Wildman–Crippen MR) is 96.5 cm³/mol. The maximum atomic E-state index is 12.7. The molecule has 0 radical (unpaired) electrons. The van der Waals surface area contributed by atoms with E-state index in [0.717, 1.165) is 0 Å². The van der Waals surface area contributed by atoms with Crippen LogP contribution in [0.2, 0.25) is 5.02 Å². The van der Waals surface area contributed by atoms with Gasteiger partial charge < -0.3 is 20.7 Å². The third-order valence-electron chi connectivity index (χ3n) is 4.13. The number of likely N-dealkylation sites (N-methyl/N-ethyl adjacent to an activating group) is 1. The van der Waals surface area contributed by atoms with Crippen molar-refractivity contribution in [2.75, 3.05) is 38.7 Å². The number of nitrogens with zero attached hydrogens (tertiary/aromatic N) is 1. The van der Waals surface area contributed by atoms with Gasteiger partial charge in [0.15, 0.2) is 0 Å². The molecule has 134 valence electrons. The molecule has 6 nitrogen and oxygen atoms in total. The quantitative estimate of drug-likeness (QED) is 0.822. The predicted octanol–water partition coefficient (Wildman–Crippen LogP) is 1.91. The lowest BCUT2D eigenvalue weighted by Crippen LogP contribution is -2.51. The van der Waals surface area contributed by atoms with Gasteiger partial charge >= 0.3 is 0 Å². The van der Waals surface area contributed by atoms with Crippen LogP contribution in [0, 0.1) is 5.41 Å². The first-order valence-electron chi connectivity index (χ1n) is 7.56. The molecule has 3 N–H and O–H groups in total. The molecule has 0 atom stereocenters. The first-order valence-corrected chi connectivity index (χ1v) is 7.93. The summed E-state index contributed by atoms with van der Waals surface area (Å²) in [7, 11) is 1.62. The maximum absolute atomic E-state index is 12.7. The molecule has 2 rings (SSSR count). The maximum Gasteiger partial charge on any atom is 0.243 e. The van der Waals surface area contributed by atoms with Crippen molar-refractivity contribution in [2.24, 2.45) is 11.1 Å². The minimum Gasteiger partial charge on any atom is -0.381 e. The lowest BCUT2D eigenvalue weighted by molar-refractivity contribution is -0.147. The Hall–Kier alpha value is -1.34. The van der Waals surface area contributed by atoms with E-state index in [1.807, 2.05) is 0 Å². The Morgan fingerprint density at radius 1 is 1.38 bits per heavy atom. The number of carbonyl (C=O) groups excluding carboxylic acids is 2. The van der Waals surface area contributed by atoms with E-state index in [-0.39, 0.29) is 37.3 Å². The van der Waals surface area contributed by atoms with Crippen LogP contribution < -0.4 is 11.1 Å². The largest absolute Gasteiger partial charge is 0.381 e. The molecule has 1 aliphatic rings. The summed E-state index contributed by atoms with van der Waals surface area (Å²) < 4.78 is 5.31. The van der Waals surface area contributed by atoms with Crippen LogP contribution in [0.5, 0.6) is 0 Å². The second kappa shape index (κ2) is 9.22. The molecule has 0 saturated carbocycles. The van der Waals surface area contributed by atoms with E-state index in [9.17, 15) is 9.59 Å². The molecule has 1 heterocycles. The second-order valence-corrected chi connectivity index (χ2v) is 6.25. The van der Waals surface area contributed by atoms with Gasteiger partial charge in [0.05, 0.1) is 12.0 Å². The summed E-state index contributed by atoms with van der Waals surface area (Å²) in [6.07, 6.45) is 1.17. The van der Waals surface area contributed by atoms with Crippen LogP contribution in [0.4, 0.5) is 5.69 Å². The fourth-order valence-electron chi connectivity index (χ4n) is 2.73. The van der Waals surface area contributed by atoms with Crippen molar-refractivity contribution >= 4 is 41.5 Å². The molecule has 1 fully saturated rings. The number of amides is 2. The van der Waals surface area contributed by atoms with E-state index >= 15 is 0 Å². The highest BCUT2D eigenvalue weighted by Gasteiger charge is 2.40. The fourth-order valence-corrected chi connectivity index (χ4v) is 2.92. The van der Waals surface area contributed by atoms with Gasteiger partial charge in [0.25, 0.3) is 0 Å². The number of anilines is 1. The highest BCUT2D eigenvalue weighted by Crippen LogP contribution is 2.31. The lowest BCUT2D eigenvalue weighted by Gasteiger charge is -2.37. The van der Waals surface area contributed by atoms with Gasteiger partial charge in [0.2, 0.25) is 11.8 Å². The van der Waals surface area contributed by atoms with Gasteiger partial charge in [-0.15, -0.1) is 12.4 Å². The Labute approximate surface area is 153 Å². The molecule has 0 spiro atoms. The molecule has 1 aromatic rings. The molecule has 0 bridgehead atoms. The average Bonchev–Trinajstić information content (AvgIpc) is 2.54. The summed E-state index contributed by atoms with van der Waals surface area (Å²) in [5, 5.41) is 3.27. The smallest absolute Gasteiger partial charge is 0.243 e. The van der Waals surface area contributed by atoms with Gasteiger partial charge in [0, 0.05) is 37.5 Å². The molecule has 2 amide bonds. The standard InChI is InChI=1S/C16H22ClN3O3.ClH/c1-20(15(22)16(11-18)5-7-23-8-6-16)10-14(21)19-13-4-2-3-12(17)9-13;/h2-4,9H,5-8,10-11,18H2,1H3,(H,19,21);1H. The number of rotatable bonds is 5. The van der Waals surface area contributed by atoms with Crippen LogP contribution >= 0.6 is 24.0 Å². The number of ether oxygens (including phenoxy) is 1. The average molecular weight is 376 g/mol. The molecule has 1 aliphatic heterocycles. The SMILES string of the molecule is CN(CC(=O)Nc1cccc(Cl)c1)C(=O)C1(CN)CCOCC1.Cl. The summed E-state index contributed by atoms with van der Waals surface area (Å²) in [5.41, 5.74) is 5.81. The van der Waals surface area contributed by atoms with Crippen molar-refractivity contribution < 1.29 is 14.3 Å². The minimum atomic E-state index is -0.622. The highest BCUT2D eigenvalue weighted by molar-refractivity contribution is 6.30. The zero-order chi connectivity index (χ0) is 16.9. The summed E-state index contributed by atoms with van der Waals surface area (Å²) in [4.78, 5) is 26.2. The molecule has 0 aliphatic carbocycles. The van der Waals surface area contributed by atoms with E-state index in [0.29, 0.717) is 36.8 Å². The number of hydrogen-bond acceptors (Lipinski definition) is 4. The van der Waals surface area contributed by atoms with E-state index in [2.05, 4.69) is 5.32 Å². The number of hydrogen-bond donors (Lipinski definition) is 2. The van der Waals surface area contributed by atoms with Gasteiger partial charge in [-0.3, -0.25) is 9.59 Å². The Balaban J connectivity index is 0.00000288. The molecule has 8 heteroatoms. The highest BCUT2D eigenvalue weighted by atomic mass is 35.5. The van der Waals surface area contributed by atoms with Crippen LogP contribution in [-0.4, -0.2) is 50.1 Å². The zero-order valence-electron chi connectivity index (χ0n) is 13.6. The summed E-state index contributed by atoms with van der Waals surface area (Å²) >= 11 is 5.88. The third kappa shape index (κ3) is 5.08. The number of benzene rings is 1. The van der Waals surface area contributed by atoms with Crippen LogP contribution in [0.3, 0.4) is 0 Å². The number of nitrogens with one attached hydrogen (secondary N) is 1. The van der Waals surface area contributed by atoms with Crippen molar-refractivity contribution in [3.05, 3.63) is 29.3 Å². The fraction of sp³-hybridized carbons (Fsp3) is 0.500. The first-order chi connectivity index (χ1) is 11.0. The van der Waals surface area contributed by atoms with Gasteiger partial charge in [-0.1, -0.05) is 17.7 Å². The van der Waals surface area contributed by atoms with E-state index in [1.54, 1.807) is 31.3 Å². The topological polar surface area (TPSA) is 84.7 Å². The van der Waals surface area contributed by atoms with Crippen LogP contribution in [0.1, 0.15) is 12.8 Å². The second-order valence-electron chi connectivity index (χ2n) is 5.82. The van der Waals surface area contributed by atoms with Crippen molar-refractivity contribution in [1.82, 2.24) is 4.90 Å². The summed E-state index contributed by atoms with van der Waals surface area (Å²) in [6.45, 7) is 1.26. The van der Waals surface area contributed by atoms with Crippen LogP contribution in [0.25, 0.3) is 0 Å². The number of halogens is 2. The van der Waals surface area contributed by atoms with E-state index in [4.69, 9.17) is 22.1 Å². The lowest BCUT2D eigenvalue weighted by atomic mass is 9.79. The third-order valence-corrected chi connectivity index (χ3v) is 4.37. The normalized spacial score (nSPS) is 16.0. The zero-order valence-corrected chi connectivity index (χ0v) is 15.2. The molecular weight excluding hydrogens is 353 g/mol. The van der Waals surface area contributed by atoms with Gasteiger partial charge in [0.1, 0.15) is 0 Å². The Morgan fingerprint density at radius 2 is 2.04 bits per heavy atom. The molecule has 1 aromatic carbocycles. The van der Waals surface area contributed by atoms with E-state index < -0.39 is 5.41 Å². The Kier molecular flexibility index (Phi) is 7.96. The van der Waals surface area contributed by atoms with Crippen molar-refractivity contribution in [1.29, 1.82) is 0 Å². The number of nitrogens with two attached hydrogens (primary N) is 1. The van der Waals surface area contributed by atoms with Crippen LogP contribution in [-0.2, 0) is 14.3 Å². The number of carbonyl (C=O) groups is 2. The molecule has 0 unspecified atom stereocenters. The first kappa shape index (κ1) is 20.7. The summed E-state index contributed by atoms with van der Waals surface area (Å²) in [6, 6.07) is 6.87. The van der Waals surface area contributed by atoms with Crippen LogP contribution in [0.15, 0.2) is 24.3 Å². The summed E-state index contributed by atoms with van der Waals surface area (Å²) in [5.74, 6) is -0.383. The van der Waals surface area contributed by atoms with Crippen molar-refractivity contribution in [3.63, 3.8) is 0 Å². The Morgan fingerprint density at radius 3 is 2.62 bits per heavy atom. The molecule has 1 saturated heterocycles. The Bertz CT molecular complexity index is 577. The van der Waals surface area contributed by atoms with Gasteiger partial charge in [-0.05, 0) is 31.0 Å². The van der Waals surface area contributed by atoms with Crippen molar-refractivity contribution in [3.8, 4) is 0 Å². The molecular formula is C16H23Cl2N3O3. The monoisotopic (exact) mass is 375 g/mol. The van der Waals surface area contributed by atoms with Gasteiger partial charge in [-0.2, -0.15) is 0 Å². The van der Waals surface area contributed by atoms with Gasteiger partial charge in [-0.25, -0.2) is 0 Å². The minimum absolute atomic E-state index is 0. The molecule has 0 aromatic heterocycles. The van der Waals surface area contributed by atoms with Crippen molar-refractivity contribution in [2.45, 2.75) is 12.8 Å². The van der Waals surface area contributed by atoms with E-state index in [1.165, 1.54) is 4.90 Å². The molecule has 24 heavy (non-hydrogen) atoms.